The number of carbonyl (C=O) groups is 1. The smallest absolute Gasteiger partial charge is 0.323 e. The number of benzene rings is 3. The Hall–Kier alpha value is -4.64. The lowest BCUT2D eigenvalue weighted by Crippen LogP contribution is -2.32. The molecule has 3 aromatic carbocycles. The first kappa shape index (κ1) is 26.4. The van der Waals surface area contributed by atoms with Crippen molar-refractivity contribution in [2.24, 2.45) is 11.8 Å². The number of hydrogen-bond acceptors (Lipinski definition) is 5. The van der Waals surface area contributed by atoms with Gasteiger partial charge in [0.2, 0.25) is 0 Å². The highest BCUT2D eigenvalue weighted by Crippen LogP contribution is 2.36. The standard InChI is InChI=1S/C30H33N7O/c1-6-22-11-14-24(15-12-22)31-30(38)32-27-17-23(13-16-28(27)37(18-20(2)3)19-21(4)5)25-9-7-8-10-26(25)29-33-35-36-34-29/h1,7-17,20-21H,18-19H2,2-5H3,(H2,31,32,38)(H,33,34,35,36). The number of carbonyl (C=O) groups excluding carboxylic acids is 1. The number of amides is 2. The van der Waals surface area contributed by atoms with Gasteiger partial charge in [0.25, 0.3) is 0 Å². The number of urea groups is 1. The summed E-state index contributed by atoms with van der Waals surface area (Å²) in [6, 6.07) is 20.9. The van der Waals surface area contributed by atoms with Gasteiger partial charge < -0.3 is 15.5 Å². The molecule has 0 saturated carbocycles. The maximum absolute atomic E-state index is 13.1. The van der Waals surface area contributed by atoms with Crippen LogP contribution in [0.4, 0.5) is 21.9 Å². The molecule has 4 rings (SSSR count). The van der Waals surface area contributed by atoms with Crippen LogP contribution in [0.3, 0.4) is 0 Å². The van der Waals surface area contributed by atoms with Crippen molar-refractivity contribution in [3.8, 4) is 34.9 Å². The van der Waals surface area contributed by atoms with E-state index in [1.54, 1.807) is 24.3 Å². The molecular formula is C30H33N7O. The van der Waals surface area contributed by atoms with Crippen LogP contribution in [-0.4, -0.2) is 39.7 Å². The number of rotatable bonds is 9. The van der Waals surface area contributed by atoms with Crippen LogP contribution in [0, 0.1) is 24.2 Å². The van der Waals surface area contributed by atoms with Crippen molar-refractivity contribution in [3.63, 3.8) is 0 Å². The first-order valence-electron chi connectivity index (χ1n) is 12.7. The molecule has 3 N–H and O–H groups in total. The summed E-state index contributed by atoms with van der Waals surface area (Å²) in [4.78, 5) is 15.5. The monoisotopic (exact) mass is 507 g/mol. The second kappa shape index (κ2) is 12.1. The van der Waals surface area contributed by atoms with Gasteiger partial charge in [-0.3, -0.25) is 0 Å². The lowest BCUT2D eigenvalue weighted by Gasteiger charge is -2.31. The predicted molar refractivity (Wildman–Crippen MR) is 154 cm³/mol. The molecule has 0 aliphatic rings. The highest BCUT2D eigenvalue weighted by Gasteiger charge is 2.18. The number of tetrazole rings is 1. The van der Waals surface area contributed by atoms with E-state index >= 15 is 0 Å². The van der Waals surface area contributed by atoms with Gasteiger partial charge in [0.15, 0.2) is 5.82 Å². The fraction of sp³-hybridized carbons (Fsp3) is 0.267. The summed E-state index contributed by atoms with van der Waals surface area (Å²) >= 11 is 0. The molecule has 0 aliphatic heterocycles. The van der Waals surface area contributed by atoms with E-state index in [2.05, 4.69) is 81.9 Å². The molecule has 0 radical (unpaired) electrons. The summed E-state index contributed by atoms with van der Waals surface area (Å²) in [7, 11) is 0. The van der Waals surface area contributed by atoms with E-state index in [4.69, 9.17) is 6.42 Å². The Morgan fingerprint density at radius 1 is 0.947 bits per heavy atom. The summed E-state index contributed by atoms with van der Waals surface area (Å²) in [6.07, 6.45) is 5.45. The summed E-state index contributed by atoms with van der Waals surface area (Å²) in [5, 5.41) is 20.4. The molecule has 1 aromatic heterocycles. The molecule has 0 bridgehead atoms. The van der Waals surface area contributed by atoms with Gasteiger partial charge in [0.05, 0.1) is 11.4 Å². The molecule has 4 aromatic rings. The number of aromatic amines is 1. The molecule has 0 fully saturated rings. The number of aromatic nitrogens is 4. The van der Waals surface area contributed by atoms with Crippen molar-refractivity contribution in [3.05, 3.63) is 72.3 Å². The van der Waals surface area contributed by atoms with Crippen molar-refractivity contribution in [1.82, 2.24) is 20.6 Å². The molecule has 2 amide bonds. The average Bonchev–Trinajstić information content (AvgIpc) is 3.43. The van der Waals surface area contributed by atoms with Crippen LogP contribution in [0.1, 0.15) is 33.3 Å². The van der Waals surface area contributed by atoms with E-state index in [9.17, 15) is 4.79 Å². The molecule has 0 spiro atoms. The van der Waals surface area contributed by atoms with Crippen LogP contribution in [0.15, 0.2) is 66.7 Å². The van der Waals surface area contributed by atoms with Crippen LogP contribution < -0.4 is 15.5 Å². The highest BCUT2D eigenvalue weighted by atomic mass is 16.2. The maximum atomic E-state index is 13.1. The summed E-state index contributed by atoms with van der Waals surface area (Å²) in [6.45, 7) is 10.5. The summed E-state index contributed by atoms with van der Waals surface area (Å²) in [5.41, 5.74) is 5.84. The largest absolute Gasteiger partial charge is 0.369 e. The van der Waals surface area contributed by atoms with Crippen LogP contribution in [0.5, 0.6) is 0 Å². The molecule has 0 saturated heterocycles. The number of hydrogen-bond donors (Lipinski definition) is 3. The lowest BCUT2D eigenvalue weighted by atomic mass is 9.97. The zero-order valence-corrected chi connectivity index (χ0v) is 22.2. The third-order valence-electron chi connectivity index (χ3n) is 5.90. The van der Waals surface area contributed by atoms with Gasteiger partial charge in [0.1, 0.15) is 0 Å². The molecular weight excluding hydrogens is 474 g/mol. The molecule has 194 valence electrons. The van der Waals surface area contributed by atoms with E-state index in [0.717, 1.165) is 41.0 Å². The lowest BCUT2D eigenvalue weighted by molar-refractivity contribution is 0.262. The molecule has 0 aliphatic carbocycles. The first-order chi connectivity index (χ1) is 18.3. The minimum atomic E-state index is -0.335. The number of anilines is 3. The van der Waals surface area contributed by atoms with Gasteiger partial charge >= 0.3 is 6.03 Å². The van der Waals surface area contributed by atoms with Crippen LogP contribution in [0.25, 0.3) is 22.5 Å². The van der Waals surface area contributed by atoms with E-state index < -0.39 is 0 Å². The number of terminal acetylenes is 1. The molecule has 1 heterocycles. The molecule has 8 heteroatoms. The van der Waals surface area contributed by atoms with Gasteiger partial charge in [-0.15, -0.1) is 11.5 Å². The average molecular weight is 508 g/mol. The second-order valence-electron chi connectivity index (χ2n) is 10.0. The molecule has 38 heavy (non-hydrogen) atoms. The Balaban J connectivity index is 1.73. The van der Waals surface area contributed by atoms with Crippen LogP contribution in [0.2, 0.25) is 0 Å². The SMILES string of the molecule is C#Cc1ccc(NC(=O)Nc2cc(-c3ccccc3-c3nnn[nH]3)ccc2N(CC(C)C)CC(C)C)cc1. The highest BCUT2D eigenvalue weighted by molar-refractivity contribution is 6.02. The summed E-state index contributed by atoms with van der Waals surface area (Å²) < 4.78 is 0. The van der Waals surface area contributed by atoms with Crippen molar-refractivity contribution < 1.29 is 4.79 Å². The number of nitrogens with zero attached hydrogens (tertiary/aromatic N) is 4. The number of nitrogens with one attached hydrogen (secondary N) is 3. The molecule has 8 nitrogen and oxygen atoms in total. The quantitative estimate of drug-likeness (QED) is 0.232. The Labute approximate surface area is 223 Å². The van der Waals surface area contributed by atoms with Gasteiger partial charge in [-0.1, -0.05) is 63.9 Å². The minimum Gasteiger partial charge on any atom is -0.369 e. The van der Waals surface area contributed by atoms with Crippen molar-refractivity contribution >= 4 is 23.1 Å². The third-order valence-corrected chi connectivity index (χ3v) is 5.90. The normalized spacial score (nSPS) is 10.9. The topological polar surface area (TPSA) is 98.8 Å². The van der Waals surface area contributed by atoms with Crippen molar-refractivity contribution in [2.75, 3.05) is 28.6 Å². The predicted octanol–water partition coefficient (Wildman–Crippen LogP) is 6.28. The van der Waals surface area contributed by atoms with E-state index in [-0.39, 0.29) is 6.03 Å². The molecule has 0 atom stereocenters. The van der Waals surface area contributed by atoms with Gasteiger partial charge in [-0.25, -0.2) is 9.89 Å². The van der Waals surface area contributed by atoms with Gasteiger partial charge in [-0.2, -0.15) is 0 Å². The van der Waals surface area contributed by atoms with Crippen molar-refractivity contribution in [2.45, 2.75) is 27.7 Å². The third kappa shape index (κ3) is 6.56. The van der Waals surface area contributed by atoms with Gasteiger partial charge in [0, 0.05) is 29.9 Å². The second-order valence-corrected chi connectivity index (χ2v) is 10.0. The maximum Gasteiger partial charge on any atom is 0.323 e. The fourth-order valence-electron chi connectivity index (χ4n) is 4.38. The van der Waals surface area contributed by atoms with E-state index in [1.165, 1.54) is 0 Å². The Kier molecular flexibility index (Phi) is 8.39. The van der Waals surface area contributed by atoms with Crippen LogP contribution >= 0.6 is 0 Å². The first-order valence-corrected chi connectivity index (χ1v) is 12.7. The Morgan fingerprint density at radius 3 is 2.24 bits per heavy atom. The Morgan fingerprint density at radius 2 is 1.63 bits per heavy atom. The van der Waals surface area contributed by atoms with Gasteiger partial charge in [-0.05, 0) is 69.8 Å². The minimum absolute atomic E-state index is 0.335. The van der Waals surface area contributed by atoms with E-state index in [0.29, 0.717) is 29.0 Å². The zero-order chi connectivity index (χ0) is 27.1. The zero-order valence-electron chi connectivity index (χ0n) is 22.2. The number of H-pyrrole nitrogens is 1. The van der Waals surface area contributed by atoms with E-state index in [1.807, 2.05) is 30.3 Å². The van der Waals surface area contributed by atoms with Crippen molar-refractivity contribution in [1.29, 1.82) is 0 Å². The molecule has 0 unspecified atom stereocenters. The summed E-state index contributed by atoms with van der Waals surface area (Å²) in [5.74, 6) is 4.06. The van der Waals surface area contributed by atoms with Crippen LogP contribution in [-0.2, 0) is 0 Å². The Bertz CT molecular complexity index is 1390. The fourth-order valence-corrected chi connectivity index (χ4v) is 4.38.